The van der Waals surface area contributed by atoms with Crippen molar-refractivity contribution in [2.75, 3.05) is 7.11 Å². The first-order valence-corrected chi connectivity index (χ1v) is 7.12. The summed E-state index contributed by atoms with van der Waals surface area (Å²) in [7, 11) is 1.64. The van der Waals surface area contributed by atoms with Gasteiger partial charge in [-0.05, 0) is 24.1 Å². The number of aromatic nitrogens is 3. The molecule has 2 aromatic carbocycles. The molecule has 0 fully saturated rings. The Kier molecular flexibility index (Phi) is 4.16. The third kappa shape index (κ3) is 3.15. The Morgan fingerprint density at radius 1 is 1.14 bits per heavy atom. The van der Waals surface area contributed by atoms with E-state index in [-0.39, 0.29) is 6.04 Å². The molecule has 5 nitrogen and oxygen atoms in total. The van der Waals surface area contributed by atoms with Gasteiger partial charge in [0.1, 0.15) is 11.6 Å². The fourth-order valence-corrected chi connectivity index (χ4v) is 2.30. The van der Waals surface area contributed by atoms with Gasteiger partial charge in [-0.15, -0.1) is 0 Å². The van der Waals surface area contributed by atoms with Crippen LogP contribution in [0, 0.1) is 0 Å². The highest BCUT2D eigenvalue weighted by atomic mass is 16.5. The Bertz CT molecular complexity index is 739. The molecule has 0 saturated carbocycles. The molecule has 0 saturated heterocycles. The number of aromatic amines is 1. The second-order valence-electron chi connectivity index (χ2n) is 5.07. The number of hydrogen-bond acceptors (Lipinski definition) is 4. The van der Waals surface area contributed by atoms with Crippen LogP contribution in [0.2, 0.25) is 0 Å². The van der Waals surface area contributed by atoms with E-state index in [1.54, 1.807) is 7.11 Å². The molecule has 0 radical (unpaired) electrons. The quantitative estimate of drug-likeness (QED) is 0.758. The van der Waals surface area contributed by atoms with Crippen LogP contribution in [-0.4, -0.2) is 22.3 Å². The number of nitrogens with zero attached hydrogens (tertiary/aromatic N) is 2. The molecule has 1 atom stereocenters. The van der Waals surface area contributed by atoms with Gasteiger partial charge in [0.2, 0.25) is 0 Å². The standard InChI is InChI=1S/C17H18N4O/c1-22-14-9-5-8-13(11-14)16-19-17(21-20-16)15(18)10-12-6-3-2-4-7-12/h2-9,11,15H,10,18H2,1H3,(H,19,20,21)/t15-/m0/s1. The molecule has 3 N–H and O–H groups in total. The van der Waals surface area contributed by atoms with E-state index in [1.165, 1.54) is 5.56 Å². The molecule has 3 aromatic rings. The summed E-state index contributed by atoms with van der Waals surface area (Å²) in [5.74, 6) is 2.08. The van der Waals surface area contributed by atoms with Gasteiger partial charge in [0.25, 0.3) is 0 Å². The van der Waals surface area contributed by atoms with Crippen molar-refractivity contribution in [1.29, 1.82) is 0 Å². The molecular weight excluding hydrogens is 276 g/mol. The molecule has 0 aliphatic carbocycles. The van der Waals surface area contributed by atoms with E-state index in [2.05, 4.69) is 27.3 Å². The number of nitrogens with one attached hydrogen (secondary N) is 1. The van der Waals surface area contributed by atoms with Gasteiger partial charge < -0.3 is 10.5 Å². The first-order chi connectivity index (χ1) is 10.8. The normalized spacial score (nSPS) is 12.1. The zero-order chi connectivity index (χ0) is 15.4. The van der Waals surface area contributed by atoms with Crippen LogP contribution in [0.3, 0.4) is 0 Å². The summed E-state index contributed by atoms with van der Waals surface area (Å²) in [6.45, 7) is 0. The predicted molar refractivity (Wildman–Crippen MR) is 85.4 cm³/mol. The van der Waals surface area contributed by atoms with E-state index in [0.29, 0.717) is 18.1 Å². The average Bonchev–Trinajstić information content (AvgIpc) is 3.06. The van der Waals surface area contributed by atoms with Crippen molar-refractivity contribution in [3.05, 3.63) is 66.0 Å². The van der Waals surface area contributed by atoms with Crippen molar-refractivity contribution in [3.8, 4) is 17.1 Å². The maximum Gasteiger partial charge on any atom is 0.181 e. The summed E-state index contributed by atoms with van der Waals surface area (Å²) >= 11 is 0. The highest BCUT2D eigenvalue weighted by Crippen LogP contribution is 2.22. The molecule has 0 aliphatic heterocycles. The third-order valence-corrected chi connectivity index (χ3v) is 3.48. The lowest BCUT2D eigenvalue weighted by atomic mass is 10.1. The van der Waals surface area contributed by atoms with Gasteiger partial charge in [-0.1, -0.05) is 42.5 Å². The van der Waals surface area contributed by atoms with Gasteiger partial charge in [-0.3, -0.25) is 5.10 Å². The molecule has 0 aliphatic rings. The van der Waals surface area contributed by atoms with Crippen molar-refractivity contribution in [3.63, 3.8) is 0 Å². The number of benzene rings is 2. The zero-order valence-corrected chi connectivity index (χ0v) is 12.4. The average molecular weight is 294 g/mol. The first kappa shape index (κ1) is 14.3. The smallest absolute Gasteiger partial charge is 0.181 e. The summed E-state index contributed by atoms with van der Waals surface area (Å²) in [6.07, 6.45) is 0.716. The minimum atomic E-state index is -0.214. The van der Waals surface area contributed by atoms with Crippen LogP contribution in [0.4, 0.5) is 0 Å². The van der Waals surface area contributed by atoms with E-state index < -0.39 is 0 Å². The molecule has 0 bridgehead atoms. The van der Waals surface area contributed by atoms with E-state index in [4.69, 9.17) is 10.5 Å². The van der Waals surface area contributed by atoms with E-state index in [1.807, 2.05) is 42.5 Å². The van der Waals surface area contributed by atoms with Crippen molar-refractivity contribution in [2.45, 2.75) is 12.5 Å². The predicted octanol–water partition coefficient (Wildman–Crippen LogP) is 2.72. The van der Waals surface area contributed by atoms with Crippen LogP contribution in [0.1, 0.15) is 17.4 Å². The molecule has 1 heterocycles. The van der Waals surface area contributed by atoms with Crippen LogP contribution >= 0.6 is 0 Å². The van der Waals surface area contributed by atoms with E-state index in [9.17, 15) is 0 Å². The van der Waals surface area contributed by atoms with Crippen molar-refractivity contribution in [2.24, 2.45) is 5.73 Å². The highest BCUT2D eigenvalue weighted by Gasteiger charge is 2.13. The fourth-order valence-electron chi connectivity index (χ4n) is 2.30. The molecule has 0 unspecified atom stereocenters. The van der Waals surface area contributed by atoms with Crippen LogP contribution in [0.25, 0.3) is 11.4 Å². The number of methoxy groups -OCH3 is 1. The zero-order valence-electron chi connectivity index (χ0n) is 12.4. The summed E-state index contributed by atoms with van der Waals surface area (Å²) in [6, 6.07) is 17.5. The van der Waals surface area contributed by atoms with Crippen LogP contribution in [0.5, 0.6) is 5.75 Å². The minimum Gasteiger partial charge on any atom is -0.497 e. The second-order valence-corrected chi connectivity index (χ2v) is 5.07. The van der Waals surface area contributed by atoms with Crippen LogP contribution < -0.4 is 10.5 Å². The molecule has 5 heteroatoms. The van der Waals surface area contributed by atoms with Gasteiger partial charge >= 0.3 is 0 Å². The third-order valence-electron chi connectivity index (χ3n) is 3.48. The van der Waals surface area contributed by atoms with Crippen molar-refractivity contribution < 1.29 is 4.74 Å². The maximum atomic E-state index is 6.22. The maximum absolute atomic E-state index is 6.22. The molecule has 22 heavy (non-hydrogen) atoms. The van der Waals surface area contributed by atoms with E-state index in [0.717, 1.165) is 11.3 Å². The lowest BCUT2D eigenvalue weighted by Gasteiger charge is -2.07. The Morgan fingerprint density at radius 2 is 1.95 bits per heavy atom. The van der Waals surface area contributed by atoms with Gasteiger partial charge in [0.05, 0.1) is 13.2 Å². The van der Waals surface area contributed by atoms with Crippen molar-refractivity contribution >= 4 is 0 Å². The molecule has 3 rings (SSSR count). The van der Waals surface area contributed by atoms with Crippen LogP contribution in [0.15, 0.2) is 54.6 Å². The summed E-state index contributed by atoms with van der Waals surface area (Å²) < 4.78 is 5.22. The number of rotatable bonds is 5. The second kappa shape index (κ2) is 6.41. The number of nitrogens with two attached hydrogens (primary N) is 1. The Labute approximate surface area is 129 Å². The van der Waals surface area contributed by atoms with Gasteiger partial charge in [-0.2, -0.15) is 5.10 Å². The monoisotopic (exact) mass is 294 g/mol. The Morgan fingerprint density at radius 3 is 2.73 bits per heavy atom. The van der Waals surface area contributed by atoms with Gasteiger partial charge in [-0.25, -0.2) is 4.98 Å². The number of ether oxygens (including phenoxy) is 1. The largest absolute Gasteiger partial charge is 0.497 e. The Hall–Kier alpha value is -2.66. The summed E-state index contributed by atoms with van der Waals surface area (Å²) in [5, 5.41) is 7.19. The molecular formula is C17H18N4O. The van der Waals surface area contributed by atoms with Gasteiger partial charge in [0.15, 0.2) is 5.82 Å². The van der Waals surface area contributed by atoms with Crippen molar-refractivity contribution in [1.82, 2.24) is 15.2 Å². The lowest BCUT2D eigenvalue weighted by molar-refractivity contribution is 0.415. The highest BCUT2D eigenvalue weighted by molar-refractivity contribution is 5.57. The molecule has 1 aromatic heterocycles. The summed E-state index contributed by atoms with van der Waals surface area (Å²) in [4.78, 5) is 4.50. The Balaban J connectivity index is 1.78. The molecule has 0 amide bonds. The molecule has 0 spiro atoms. The SMILES string of the molecule is COc1cccc(-c2n[nH]c([C@@H](N)Cc3ccccc3)n2)c1. The van der Waals surface area contributed by atoms with Crippen LogP contribution in [-0.2, 0) is 6.42 Å². The summed E-state index contributed by atoms with van der Waals surface area (Å²) in [5.41, 5.74) is 8.29. The minimum absolute atomic E-state index is 0.214. The fraction of sp³-hybridized carbons (Fsp3) is 0.176. The van der Waals surface area contributed by atoms with Gasteiger partial charge in [0, 0.05) is 5.56 Å². The lowest BCUT2D eigenvalue weighted by Crippen LogP contribution is -2.15. The number of hydrogen-bond donors (Lipinski definition) is 2. The first-order valence-electron chi connectivity index (χ1n) is 7.12. The van der Waals surface area contributed by atoms with E-state index >= 15 is 0 Å². The molecule has 112 valence electrons. The number of H-pyrrole nitrogens is 1. The topological polar surface area (TPSA) is 76.8 Å².